The van der Waals surface area contributed by atoms with Gasteiger partial charge in [0.05, 0.1) is 22.1 Å². The van der Waals surface area contributed by atoms with Crippen molar-refractivity contribution in [1.82, 2.24) is 0 Å². The number of nitrogens with one attached hydrogen (secondary N) is 1. The molecule has 0 fully saturated rings. The first-order valence-electron chi connectivity index (χ1n) is 8.96. The van der Waals surface area contributed by atoms with Gasteiger partial charge in [-0.05, 0) is 24.1 Å². The van der Waals surface area contributed by atoms with Gasteiger partial charge in [0.25, 0.3) is 5.69 Å². The second kappa shape index (κ2) is 8.66. The van der Waals surface area contributed by atoms with E-state index in [2.05, 4.69) is 10.5 Å². The largest absolute Gasteiger partial charge is 0.310 e. The number of nitro groups is 2. The third-order valence-electron chi connectivity index (χ3n) is 4.46. The number of hydrogen-bond donors (Lipinski definition) is 1. The molecular weight excluding hydrogens is 410 g/mol. The SMILES string of the molecule is Cc1ccc(-c2ccc(C(F)(F)/C=N/Nc3ccc([N+](=O)[O-])cc3[N+](=O)[O-])cc2)cc1. The van der Waals surface area contributed by atoms with Gasteiger partial charge in [-0.2, -0.15) is 13.9 Å². The first-order chi connectivity index (χ1) is 14.7. The van der Waals surface area contributed by atoms with E-state index < -0.39 is 27.1 Å². The van der Waals surface area contributed by atoms with Crippen molar-refractivity contribution in [3.63, 3.8) is 0 Å². The summed E-state index contributed by atoms with van der Waals surface area (Å²) in [5.74, 6) is -3.45. The molecule has 0 amide bonds. The summed E-state index contributed by atoms with van der Waals surface area (Å²) < 4.78 is 28.9. The van der Waals surface area contributed by atoms with Gasteiger partial charge in [0.1, 0.15) is 5.69 Å². The number of anilines is 1. The van der Waals surface area contributed by atoms with E-state index >= 15 is 0 Å². The lowest BCUT2D eigenvalue weighted by atomic mass is 10.0. The molecule has 0 unspecified atom stereocenters. The zero-order valence-electron chi connectivity index (χ0n) is 16.2. The molecule has 0 aliphatic rings. The van der Waals surface area contributed by atoms with Crippen molar-refractivity contribution in [2.75, 3.05) is 5.43 Å². The Kier molecular flexibility index (Phi) is 6.00. The minimum atomic E-state index is -3.45. The van der Waals surface area contributed by atoms with Gasteiger partial charge < -0.3 is 0 Å². The predicted molar refractivity (Wildman–Crippen MR) is 112 cm³/mol. The van der Waals surface area contributed by atoms with Crippen molar-refractivity contribution in [1.29, 1.82) is 0 Å². The molecule has 0 saturated heterocycles. The van der Waals surface area contributed by atoms with Crippen molar-refractivity contribution in [2.45, 2.75) is 12.8 Å². The number of rotatable bonds is 7. The fraction of sp³-hybridized carbons (Fsp3) is 0.0952. The van der Waals surface area contributed by atoms with Crippen LogP contribution >= 0.6 is 0 Å². The van der Waals surface area contributed by atoms with E-state index in [1.807, 2.05) is 31.2 Å². The summed E-state index contributed by atoms with van der Waals surface area (Å²) in [6, 6.07) is 16.1. The van der Waals surface area contributed by atoms with Gasteiger partial charge in [-0.1, -0.05) is 54.1 Å². The Morgan fingerprint density at radius 2 is 1.48 bits per heavy atom. The van der Waals surface area contributed by atoms with Gasteiger partial charge in [0.15, 0.2) is 0 Å². The van der Waals surface area contributed by atoms with Gasteiger partial charge in [-0.25, -0.2) is 0 Å². The summed E-state index contributed by atoms with van der Waals surface area (Å²) in [5.41, 5.74) is 3.18. The first-order valence-corrected chi connectivity index (χ1v) is 8.96. The van der Waals surface area contributed by atoms with Crippen molar-refractivity contribution >= 4 is 23.3 Å². The molecule has 0 aliphatic carbocycles. The van der Waals surface area contributed by atoms with Crippen LogP contribution in [0, 0.1) is 27.2 Å². The molecule has 0 bridgehead atoms. The maximum atomic E-state index is 14.5. The number of alkyl halides is 2. The molecule has 0 atom stereocenters. The highest BCUT2D eigenvalue weighted by Gasteiger charge is 2.29. The lowest BCUT2D eigenvalue weighted by molar-refractivity contribution is -0.393. The number of nitrogens with zero attached hydrogens (tertiary/aromatic N) is 3. The van der Waals surface area contributed by atoms with Crippen LogP contribution in [0.1, 0.15) is 11.1 Å². The summed E-state index contributed by atoms with van der Waals surface area (Å²) in [4.78, 5) is 20.2. The zero-order chi connectivity index (χ0) is 22.6. The summed E-state index contributed by atoms with van der Waals surface area (Å²) in [7, 11) is 0. The van der Waals surface area contributed by atoms with Crippen LogP contribution in [-0.2, 0) is 5.92 Å². The molecule has 0 radical (unpaired) electrons. The Morgan fingerprint density at radius 3 is 2.03 bits per heavy atom. The van der Waals surface area contributed by atoms with E-state index in [1.54, 1.807) is 12.1 Å². The molecule has 158 valence electrons. The Balaban J connectivity index is 1.77. The molecule has 3 rings (SSSR count). The maximum absolute atomic E-state index is 14.5. The van der Waals surface area contributed by atoms with Gasteiger partial charge in [-0.15, -0.1) is 0 Å². The Hall–Kier alpha value is -4.21. The van der Waals surface area contributed by atoms with Gasteiger partial charge in [0, 0.05) is 11.6 Å². The minimum absolute atomic E-state index is 0.252. The van der Waals surface area contributed by atoms with Gasteiger partial charge in [0.2, 0.25) is 0 Å². The van der Waals surface area contributed by atoms with Crippen molar-refractivity contribution in [3.05, 3.63) is 98.1 Å². The number of nitro benzene ring substituents is 2. The van der Waals surface area contributed by atoms with Crippen molar-refractivity contribution < 1.29 is 18.6 Å². The Labute approximate surface area is 175 Å². The number of benzene rings is 3. The van der Waals surface area contributed by atoms with Crippen molar-refractivity contribution in [2.24, 2.45) is 5.10 Å². The van der Waals surface area contributed by atoms with Crippen LogP contribution in [0.4, 0.5) is 25.8 Å². The molecule has 8 nitrogen and oxygen atoms in total. The number of halogens is 2. The van der Waals surface area contributed by atoms with Crippen LogP contribution in [0.15, 0.2) is 71.8 Å². The smallest absolute Gasteiger partial charge is 0.272 e. The zero-order valence-corrected chi connectivity index (χ0v) is 16.2. The van der Waals surface area contributed by atoms with Crippen LogP contribution in [-0.4, -0.2) is 16.1 Å². The molecule has 0 spiro atoms. The number of hydrogen-bond acceptors (Lipinski definition) is 6. The maximum Gasteiger partial charge on any atom is 0.310 e. The third kappa shape index (κ3) is 5.04. The van der Waals surface area contributed by atoms with E-state index in [0.29, 0.717) is 6.21 Å². The topological polar surface area (TPSA) is 111 Å². The lowest BCUT2D eigenvalue weighted by Crippen LogP contribution is -2.16. The van der Waals surface area contributed by atoms with Gasteiger partial charge in [-0.3, -0.25) is 25.7 Å². The molecule has 1 N–H and O–H groups in total. The van der Waals surface area contributed by atoms with E-state index in [0.717, 1.165) is 34.9 Å². The monoisotopic (exact) mass is 426 g/mol. The van der Waals surface area contributed by atoms with E-state index in [1.165, 1.54) is 12.1 Å². The summed E-state index contributed by atoms with van der Waals surface area (Å²) in [5, 5.41) is 25.2. The summed E-state index contributed by atoms with van der Waals surface area (Å²) >= 11 is 0. The first kappa shape index (κ1) is 21.5. The Bertz CT molecular complexity index is 1150. The van der Waals surface area contributed by atoms with Crippen LogP contribution in [0.2, 0.25) is 0 Å². The molecule has 3 aromatic carbocycles. The molecule has 0 aromatic heterocycles. The lowest BCUT2D eigenvalue weighted by Gasteiger charge is -2.12. The van der Waals surface area contributed by atoms with E-state index in [9.17, 15) is 29.0 Å². The van der Waals surface area contributed by atoms with Crippen LogP contribution in [0.5, 0.6) is 0 Å². The quantitative estimate of drug-likeness (QED) is 0.297. The average molecular weight is 426 g/mol. The molecule has 3 aromatic rings. The fourth-order valence-electron chi connectivity index (χ4n) is 2.77. The molecule has 0 saturated carbocycles. The Morgan fingerprint density at radius 1 is 0.903 bits per heavy atom. The third-order valence-corrected chi connectivity index (χ3v) is 4.46. The molecule has 10 heteroatoms. The average Bonchev–Trinajstić information content (AvgIpc) is 2.74. The fourth-order valence-corrected chi connectivity index (χ4v) is 2.77. The second-order valence-corrected chi connectivity index (χ2v) is 6.65. The highest BCUT2D eigenvalue weighted by atomic mass is 19.3. The number of aryl methyl sites for hydroxylation is 1. The molecule has 0 aliphatic heterocycles. The van der Waals surface area contributed by atoms with Gasteiger partial charge >= 0.3 is 11.6 Å². The van der Waals surface area contributed by atoms with Crippen LogP contribution in [0.25, 0.3) is 11.1 Å². The standard InChI is InChI=1S/C21H16F2N4O4/c1-14-2-4-15(5-3-14)16-6-8-17(9-7-16)21(22,23)13-24-25-19-11-10-18(26(28)29)12-20(19)27(30)31/h2-13,25H,1H3/b24-13+. The minimum Gasteiger partial charge on any atom is -0.272 e. The second-order valence-electron chi connectivity index (χ2n) is 6.65. The number of non-ortho nitro benzene ring substituents is 1. The van der Waals surface area contributed by atoms with Crippen LogP contribution < -0.4 is 5.43 Å². The van der Waals surface area contributed by atoms with Crippen LogP contribution in [0.3, 0.4) is 0 Å². The van der Waals surface area contributed by atoms with E-state index in [4.69, 9.17) is 0 Å². The summed E-state index contributed by atoms with van der Waals surface area (Å²) in [6.45, 7) is 1.95. The highest BCUT2D eigenvalue weighted by Crippen LogP contribution is 2.31. The molecule has 31 heavy (non-hydrogen) atoms. The summed E-state index contributed by atoms with van der Waals surface area (Å²) in [6.07, 6.45) is 0.318. The van der Waals surface area contributed by atoms with E-state index in [-0.39, 0.29) is 11.3 Å². The van der Waals surface area contributed by atoms with Crippen molar-refractivity contribution in [3.8, 4) is 11.1 Å². The normalized spacial score (nSPS) is 11.5. The molecule has 0 heterocycles. The molecular formula is C21H16F2N4O4. The highest BCUT2D eigenvalue weighted by molar-refractivity contribution is 5.73. The predicted octanol–water partition coefficient (Wildman–Crippen LogP) is 5.67. The number of hydrazone groups is 1.